The van der Waals surface area contributed by atoms with E-state index in [2.05, 4.69) is 29.4 Å². The lowest BCUT2D eigenvalue weighted by atomic mass is 10.1. The molecule has 1 aliphatic rings. The molecule has 0 aliphatic carbocycles. The van der Waals surface area contributed by atoms with Crippen LogP contribution in [0, 0.1) is 12.8 Å². The normalized spacial score (nSPS) is 22.9. The molecule has 2 atom stereocenters. The van der Waals surface area contributed by atoms with Crippen molar-refractivity contribution in [3.8, 4) is 0 Å². The number of H-pyrrole nitrogens is 1. The van der Waals surface area contributed by atoms with Crippen LogP contribution in [0.15, 0.2) is 6.20 Å². The fourth-order valence-electron chi connectivity index (χ4n) is 3.01. The molecule has 5 heteroatoms. The number of amides is 2. The third kappa shape index (κ3) is 4.48. The van der Waals surface area contributed by atoms with E-state index in [1.807, 2.05) is 18.0 Å². The van der Waals surface area contributed by atoms with Gasteiger partial charge in [-0.3, -0.25) is 5.10 Å². The fourth-order valence-corrected chi connectivity index (χ4v) is 3.01. The molecule has 1 aromatic heterocycles. The first-order chi connectivity index (χ1) is 10.1. The summed E-state index contributed by atoms with van der Waals surface area (Å²) < 4.78 is 0. The number of aromatic amines is 1. The highest BCUT2D eigenvalue weighted by molar-refractivity contribution is 5.74. The van der Waals surface area contributed by atoms with Crippen LogP contribution in [0.4, 0.5) is 4.79 Å². The molecule has 2 rings (SSSR count). The van der Waals surface area contributed by atoms with Crippen LogP contribution in [0.3, 0.4) is 0 Å². The van der Waals surface area contributed by atoms with E-state index >= 15 is 0 Å². The number of carbonyl (C=O) groups is 1. The Morgan fingerprint density at radius 1 is 1.48 bits per heavy atom. The Labute approximate surface area is 127 Å². The number of rotatable bonds is 4. The summed E-state index contributed by atoms with van der Waals surface area (Å²) in [6.45, 7) is 8.03. The molecule has 2 N–H and O–H groups in total. The van der Waals surface area contributed by atoms with Crippen molar-refractivity contribution in [1.29, 1.82) is 0 Å². The lowest BCUT2D eigenvalue weighted by Gasteiger charge is -2.28. The van der Waals surface area contributed by atoms with Crippen LogP contribution < -0.4 is 5.32 Å². The van der Waals surface area contributed by atoms with E-state index in [0.717, 1.165) is 38.0 Å². The highest BCUT2D eigenvalue weighted by atomic mass is 16.2. The SMILES string of the molecule is Cc1[nH]ncc1CCCNC(=O)N1C[C@@H](C)CCC[C@@H]1C. The number of aromatic nitrogens is 2. The van der Waals surface area contributed by atoms with Crippen molar-refractivity contribution in [3.63, 3.8) is 0 Å². The minimum Gasteiger partial charge on any atom is -0.338 e. The maximum absolute atomic E-state index is 12.3. The molecule has 0 radical (unpaired) electrons. The predicted octanol–water partition coefficient (Wildman–Crippen LogP) is 2.87. The van der Waals surface area contributed by atoms with E-state index in [4.69, 9.17) is 0 Å². The molecule has 0 spiro atoms. The highest BCUT2D eigenvalue weighted by Crippen LogP contribution is 2.20. The number of hydrogen-bond donors (Lipinski definition) is 2. The zero-order valence-corrected chi connectivity index (χ0v) is 13.5. The molecular weight excluding hydrogens is 264 g/mol. The third-order valence-corrected chi connectivity index (χ3v) is 4.45. The van der Waals surface area contributed by atoms with Crippen LogP contribution in [0.2, 0.25) is 0 Å². The number of hydrogen-bond acceptors (Lipinski definition) is 2. The predicted molar refractivity (Wildman–Crippen MR) is 84.2 cm³/mol. The first kappa shape index (κ1) is 15.9. The summed E-state index contributed by atoms with van der Waals surface area (Å²) in [5, 5.41) is 10.0. The van der Waals surface area contributed by atoms with Gasteiger partial charge in [0.15, 0.2) is 0 Å². The maximum atomic E-state index is 12.3. The van der Waals surface area contributed by atoms with E-state index in [0.29, 0.717) is 12.0 Å². The molecule has 2 heterocycles. The molecule has 1 fully saturated rings. The minimum atomic E-state index is 0.0974. The van der Waals surface area contributed by atoms with Crippen LogP contribution in [0.1, 0.15) is 50.8 Å². The minimum absolute atomic E-state index is 0.0974. The maximum Gasteiger partial charge on any atom is 0.317 e. The number of urea groups is 1. The Balaban J connectivity index is 1.74. The van der Waals surface area contributed by atoms with Crippen LogP contribution in [-0.4, -0.2) is 40.3 Å². The summed E-state index contributed by atoms with van der Waals surface area (Å²) in [6.07, 6.45) is 7.35. The standard InChI is InChI=1S/C16H28N4O/c1-12-6-4-7-13(2)20(11-12)16(21)17-9-5-8-15-10-18-19-14(15)3/h10,12-13H,4-9,11H2,1-3H3,(H,17,21)(H,18,19)/t12-,13-/m0/s1. The summed E-state index contributed by atoms with van der Waals surface area (Å²) in [4.78, 5) is 14.3. The second-order valence-corrected chi connectivity index (χ2v) is 6.39. The van der Waals surface area contributed by atoms with Gasteiger partial charge in [-0.05, 0) is 51.0 Å². The van der Waals surface area contributed by atoms with Gasteiger partial charge in [-0.15, -0.1) is 0 Å². The Bertz CT molecular complexity index is 457. The monoisotopic (exact) mass is 292 g/mol. The van der Waals surface area contributed by atoms with E-state index in [9.17, 15) is 4.79 Å². The quantitative estimate of drug-likeness (QED) is 0.838. The molecule has 0 saturated carbocycles. The summed E-state index contributed by atoms with van der Waals surface area (Å²) in [7, 11) is 0. The largest absolute Gasteiger partial charge is 0.338 e. The van der Waals surface area contributed by atoms with Crippen LogP contribution in [0.5, 0.6) is 0 Å². The summed E-state index contributed by atoms with van der Waals surface area (Å²) in [5.41, 5.74) is 2.36. The van der Waals surface area contributed by atoms with Gasteiger partial charge < -0.3 is 10.2 Å². The molecule has 5 nitrogen and oxygen atoms in total. The summed E-state index contributed by atoms with van der Waals surface area (Å²) in [6, 6.07) is 0.450. The van der Waals surface area contributed by atoms with Gasteiger partial charge in [-0.25, -0.2) is 4.79 Å². The Morgan fingerprint density at radius 2 is 2.29 bits per heavy atom. The van der Waals surface area contributed by atoms with Crippen LogP contribution in [0.25, 0.3) is 0 Å². The summed E-state index contributed by atoms with van der Waals surface area (Å²) in [5.74, 6) is 0.606. The Kier molecular flexibility index (Phi) is 5.65. The molecule has 0 unspecified atom stereocenters. The lowest BCUT2D eigenvalue weighted by molar-refractivity contribution is 0.173. The molecule has 21 heavy (non-hydrogen) atoms. The molecule has 0 bridgehead atoms. The van der Waals surface area contributed by atoms with Gasteiger partial charge >= 0.3 is 6.03 Å². The van der Waals surface area contributed by atoms with Gasteiger partial charge in [0.05, 0.1) is 6.20 Å². The number of nitrogens with zero attached hydrogens (tertiary/aromatic N) is 2. The molecule has 0 aromatic carbocycles. The molecule has 1 aliphatic heterocycles. The van der Waals surface area contributed by atoms with Crippen molar-refractivity contribution in [2.45, 2.75) is 58.9 Å². The van der Waals surface area contributed by atoms with Crippen molar-refractivity contribution in [2.75, 3.05) is 13.1 Å². The topological polar surface area (TPSA) is 61.0 Å². The first-order valence-corrected chi connectivity index (χ1v) is 8.11. The van der Waals surface area contributed by atoms with E-state index in [-0.39, 0.29) is 6.03 Å². The fraction of sp³-hybridized carbons (Fsp3) is 0.750. The number of likely N-dealkylation sites (tertiary alicyclic amines) is 1. The number of nitrogens with one attached hydrogen (secondary N) is 2. The lowest BCUT2D eigenvalue weighted by Crippen LogP contribution is -2.46. The van der Waals surface area contributed by atoms with Crippen molar-refractivity contribution in [2.24, 2.45) is 5.92 Å². The Morgan fingerprint density at radius 3 is 3.00 bits per heavy atom. The van der Waals surface area contributed by atoms with Crippen molar-refractivity contribution in [3.05, 3.63) is 17.5 Å². The van der Waals surface area contributed by atoms with E-state index in [1.54, 1.807) is 0 Å². The highest BCUT2D eigenvalue weighted by Gasteiger charge is 2.24. The van der Waals surface area contributed by atoms with Gasteiger partial charge in [-0.2, -0.15) is 5.10 Å². The molecule has 2 amide bonds. The van der Waals surface area contributed by atoms with Gasteiger partial charge in [0.1, 0.15) is 0 Å². The number of carbonyl (C=O) groups excluding carboxylic acids is 1. The second kappa shape index (κ2) is 7.48. The van der Waals surface area contributed by atoms with Gasteiger partial charge in [0.2, 0.25) is 0 Å². The molecule has 1 saturated heterocycles. The zero-order chi connectivity index (χ0) is 15.2. The smallest absolute Gasteiger partial charge is 0.317 e. The summed E-state index contributed by atoms with van der Waals surface area (Å²) >= 11 is 0. The third-order valence-electron chi connectivity index (χ3n) is 4.45. The van der Waals surface area contributed by atoms with Crippen LogP contribution in [-0.2, 0) is 6.42 Å². The van der Waals surface area contributed by atoms with E-state index < -0.39 is 0 Å². The van der Waals surface area contributed by atoms with Crippen molar-refractivity contribution in [1.82, 2.24) is 20.4 Å². The molecule has 118 valence electrons. The number of aryl methyl sites for hydroxylation is 2. The van der Waals surface area contributed by atoms with Crippen molar-refractivity contribution < 1.29 is 4.79 Å². The second-order valence-electron chi connectivity index (χ2n) is 6.39. The zero-order valence-electron chi connectivity index (χ0n) is 13.5. The van der Waals surface area contributed by atoms with Gasteiger partial charge in [-0.1, -0.05) is 13.3 Å². The van der Waals surface area contributed by atoms with Gasteiger partial charge in [0.25, 0.3) is 0 Å². The molecular formula is C16H28N4O. The van der Waals surface area contributed by atoms with Crippen LogP contribution >= 0.6 is 0 Å². The molecule has 1 aromatic rings. The van der Waals surface area contributed by atoms with Crippen molar-refractivity contribution >= 4 is 6.03 Å². The average molecular weight is 292 g/mol. The van der Waals surface area contributed by atoms with E-state index in [1.165, 1.54) is 18.4 Å². The average Bonchev–Trinajstić information content (AvgIpc) is 2.77. The Hall–Kier alpha value is -1.52. The first-order valence-electron chi connectivity index (χ1n) is 8.11. The van der Waals surface area contributed by atoms with Gasteiger partial charge in [0, 0.05) is 24.8 Å².